The lowest BCUT2D eigenvalue weighted by molar-refractivity contribution is 0.838. The van der Waals surface area contributed by atoms with Gasteiger partial charge in [-0.25, -0.2) is 9.97 Å². The number of aromatic nitrogens is 2. The molecular formula is C16H25ClN2SSi. The van der Waals surface area contributed by atoms with Crippen molar-refractivity contribution in [2.75, 3.05) is 6.26 Å². The average Bonchev–Trinajstić information content (AvgIpc) is 2.40. The number of hydrogen-bond acceptors (Lipinski definition) is 3. The molecule has 1 heterocycles. The van der Waals surface area contributed by atoms with E-state index in [9.17, 15) is 0 Å². The van der Waals surface area contributed by atoms with Gasteiger partial charge in [0, 0.05) is 0 Å². The maximum Gasteiger partial charge on any atom is 0.188 e. The topological polar surface area (TPSA) is 25.8 Å². The third kappa shape index (κ3) is 4.03. The van der Waals surface area contributed by atoms with Crippen LogP contribution in [0.15, 0.2) is 11.4 Å². The smallest absolute Gasteiger partial charge is 0.188 e. The van der Waals surface area contributed by atoms with E-state index in [0.717, 1.165) is 5.16 Å². The normalized spacial score (nSPS) is 12.0. The van der Waals surface area contributed by atoms with Gasteiger partial charge in [-0.05, 0) is 22.9 Å². The third-order valence-corrected chi connectivity index (χ3v) is 11.3. The number of thioether (sulfide) groups is 1. The standard InChI is InChI=1S/C16H25ClN2SSi/c1-11(2)21(12(3)4,13(5)6)9-8-15-14(17)10-18-16(19-15)20-7/h10-13H,1-7H3. The number of halogens is 1. The highest BCUT2D eigenvalue weighted by Gasteiger charge is 2.41. The van der Waals surface area contributed by atoms with Crippen molar-refractivity contribution in [3.8, 4) is 11.5 Å². The molecule has 2 nitrogen and oxygen atoms in total. The first-order valence-corrected chi connectivity index (χ1v) is 11.2. The largest absolute Gasteiger partial charge is 0.229 e. The number of nitrogens with zero attached hydrogens (tertiary/aromatic N) is 2. The maximum atomic E-state index is 6.20. The summed E-state index contributed by atoms with van der Waals surface area (Å²) in [6.07, 6.45) is 3.60. The van der Waals surface area contributed by atoms with E-state index in [2.05, 4.69) is 63.0 Å². The minimum absolute atomic E-state index is 0.541. The highest BCUT2D eigenvalue weighted by atomic mass is 35.5. The monoisotopic (exact) mass is 340 g/mol. The van der Waals surface area contributed by atoms with Crippen LogP contribution in [0.1, 0.15) is 47.2 Å². The van der Waals surface area contributed by atoms with E-state index in [1.54, 1.807) is 6.20 Å². The molecule has 21 heavy (non-hydrogen) atoms. The number of hydrogen-bond donors (Lipinski definition) is 0. The van der Waals surface area contributed by atoms with Crippen LogP contribution in [0.5, 0.6) is 0 Å². The summed E-state index contributed by atoms with van der Waals surface area (Å²) < 4.78 is 0. The van der Waals surface area contributed by atoms with Crippen LogP contribution in [0.4, 0.5) is 0 Å². The Hall–Kier alpha value is -0.503. The van der Waals surface area contributed by atoms with E-state index in [1.807, 2.05) is 6.26 Å². The number of rotatable bonds is 4. The Kier molecular flexibility index (Phi) is 6.77. The van der Waals surface area contributed by atoms with Gasteiger partial charge < -0.3 is 0 Å². The molecule has 0 N–H and O–H groups in total. The summed E-state index contributed by atoms with van der Waals surface area (Å²) in [5.41, 5.74) is 6.11. The predicted molar refractivity (Wildman–Crippen MR) is 96.7 cm³/mol. The van der Waals surface area contributed by atoms with Crippen molar-refractivity contribution < 1.29 is 0 Å². The lowest BCUT2D eigenvalue weighted by Crippen LogP contribution is -2.43. The molecule has 0 spiro atoms. The second kappa shape index (κ2) is 7.67. The summed E-state index contributed by atoms with van der Waals surface area (Å²) in [6.45, 7) is 13.8. The van der Waals surface area contributed by atoms with Crippen molar-refractivity contribution in [3.05, 3.63) is 16.9 Å². The summed E-state index contributed by atoms with van der Waals surface area (Å²) in [6, 6.07) is 0. The van der Waals surface area contributed by atoms with Crippen molar-refractivity contribution in [1.29, 1.82) is 0 Å². The summed E-state index contributed by atoms with van der Waals surface area (Å²) >= 11 is 7.71. The molecule has 0 aliphatic rings. The van der Waals surface area contributed by atoms with E-state index in [-0.39, 0.29) is 0 Å². The Labute approximate surface area is 139 Å². The SMILES string of the molecule is CSc1ncc(Cl)c(C#C[Si](C(C)C)(C(C)C)C(C)C)n1. The van der Waals surface area contributed by atoms with Gasteiger partial charge in [-0.3, -0.25) is 0 Å². The molecule has 0 unspecified atom stereocenters. The van der Waals surface area contributed by atoms with Gasteiger partial charge in [0.05, 0.1) is 11.2 Å². The molecule has 0 aromatic carbocycles. The van der Waals surface area contributed by atoms with E-state index < -0.39 is 8.07 Å². The van der Waals surface area contributed by atoms with Crippen molar-refractivity contribution in [3.63, 3.8) is 0 Å². The van der Waals surface area contributed by atoms with Crippen molar-refractivity contribution in [1.82, 2.24) is 9.97 Å². The van der Waals surface area contributed by atoms with Crippen LogP contribution in [0.2, 0.25) is 21.6 Å². The van der Waals surface area contributed by atoms with Crippen LogP contribution >= 0.6 is 23.4 Å². The minimum atomic E-state index is -1.75. The highest BCUT2D eigenvalue weighted by Crippen LogP contribution is 2.40. The van der Waals surface area contributed by atoms with Crippen LogP contribution in [0.3, 0.4) is 0 Å². The molecule has 0 atom stereocenters. The predicted octanol–water partition coefficient (Wildman–Crippen LogP) is 5.42. The lowest BCUT2D eigenvalue weighted by atomic mass is 10.4. The van der Waals surface area contributed by atoms with Crippen LogP contribution in [0, 0.1) is 11.5 Å². The van der Waals surface area contributed by atoms with Crippen molar-refractivity contribution in [2.24, 2.45) is 0 Å². The molecule has 116 valence electrons. The van der Waals surface area contributed by atoms with Crippen LogP contribution < -0.4 is 0 Å². The fourth-order valence-corrected chi connectivity index (χ4v) is 8.82. The first-order valence-electron chi connectivity index (χ1n) is 7.35. The molecule has 1 aromatic heterocycles. The average molecular weight is 341 g/mol. The second-order valence-corrected chi connectivity index (χ2v) is 13.0. The molecule has 5 heteroatoms. The molecule has 0 saturated carbocycles. The molecule has 1 aromatic rings. The molecule has 1 rings (SSSR count). The Morgan fingerprint density at radius 2 is 1.62 bits per heavy atom. The van der Waals surface area contributed by atoms with Crippen LogP contribution in [-0.2, 0) is 0 Å². The minimum Gasteiger partial charge on any atom is -0.229 e. The van der Waals surface area contributed by atoms with Crippen LogP contribution in [0.25, 0.3) is 0 Å². The molecule has 0 amide bonds. The highest BCUT2D eigenvalue weighted by molar-refractivity contribution is 7.98. The lowest BCUT2D eigenvalue weighted by Gasteiger charge is -2.38. The van der Waals surface area contributed by atoms with Gasteiger partial charge in [0.25, 0.3) is 0 Å². The first-order chi connectivity index (χ1) is 9.75. The summed E-state index contributed by atoms with van der Waals surface area (Å²) in [5.74, 6) is 3.29. The molecular weight excluding hydrogens is 316 g/mol. The molecule has 0 saturated heterocycles. The van der Waals surface area contributed by atoms with Gasteiger partial charge in [-0.15, -0.1) is 5.54 Å². The fraction of sp³-hybridized carbons (Fsp3) is 0.625. The van der Waals surface area contributed by atoms with Crippen molar-refractivity contribution in [2.45, 2.75) is 63.3 Å². The van der Waals surface area contributed by atoms with Gasteiger partial charge >= 0.3 is 0 Å². The van der Waals surface area contributed by atoms with Gasteiger partial charge in [0.2, 0.25) is 0 Å². The van der Waals surface area contributed by atoms with Crippen molar-refractivity contribution >= 4 is 31.4 Å². The first kappa shape index (κ1) is 18.5. The molecule has 0 bridgehead atoms. The van der Waals surface area contributed by atoms with Crippen LogP contribution in [-0.4, -0.2) is 24.3 Å². The molecule has 0 aliphatic carbocycles. The Balaban J connectivity index is 3.35. The summed E-state index contributed by atoms with van der Waals surface area (Å²) in [5, 5.41) is 1.26. The van der Waals surface area contributed by atoms with Gasteiger partial charge in [-0.1, -0.05) is 70.8 Å². The Morgan fingerprint density at radius 3 is 2.05 bits per heavy atom. The zero-order chi connectivity index (χ0) is 16.2. The van der Waals surface area contributed by atoms with E-state index in [4.69, 9.17) is 11.6 Å². The maximum absolute atomic E-state index is 6.20. The zero-order valence-corrected chi connectivity index (χ0v) is 16.6. The Morgan fingerprint density at radius 1 is 1.10 bits per heavy atom. The zero-order valence-electron chi connectivity index (χ0n) is 14.0. The van der Waals surface area contributed by atoms with Gasteiger partial charge in [0.15, 0.2) is 5.16 Å². The Bertz CT molecular complexity index is 525. The fourth-order valence-electron chi connectivity index (χ4n) is 3.14. The second-order valence-electron chi connectivity index (χ2n) is 6.20. The van der Waals surface area contributed by atoms with E-state index in [0.29, 0.717) is 27.3 Å². The van der Waals surface area contributed by atoms with E-state index in [1.165, 1.54) is 11.8 Å². The van der Waals surface area contributed by atoms with Gasteiger partial charge in [0.1, 0.15) is 13.8 Å². The van der Waals surface area contributed by atoms with Gasteiger partial charge in [-0.2, -0.15) is 0 Å². The molecule has 0 aliphatic heterocycles. The quantitative estimate of drug-likeness (QED) is 0.316. The summed E-state index contributed by atoms with van der Waals surface area (Å²) in [4.78, 5) is 8.61. The molecule has 0 radical (unpaired) electrons. The summed E-state index contributed by atoms with van der Waals surface area (Å²) in [7, 11) is -1.75. The third-order valence-electron chi connectivity index (χ3n) is 4.17. The van der Waals surface area contributed by atoms with E-state index >= 15 is 0 Å². The molecule has 0 fully saturated rings.